The number of nitrogens with one attached hydrogen (secondary N) is 1. The van der Waals surface area contributed by atoms with E-state index in [1.807, 2.05) is 17.5 Å². The van der Waals surface area contributed by atoms with Crippen LogP contribution in [0.1, 0.15) is 5.56 Å². The minimum Gasteiger partial charge on any atom is -0.493 e. The van der Waals surface area contributed by atoms with E-state index in [-0.39, 0.29) is 11.6 Å². The summed E-state index contributed by atoms with van der Waals surface area (Å²) < 4.78 is 10.5. The molecule has 0 fully saturated rings. The molecule has 2 aromatic carbocycles. The molecule has 1 heterocycles. The van der Waals surface area contributed by atoms with Crippen LogP contribution in [0.5, 0.6) is 11.5 Å². The fraction of sp³-hybridized carbons (Fsp3) is 0.100. The molecule has 0 spiro atoms. The lowest BCUT2D eigenvalue weighted by Gasteiger charge is -2.08. The van der Waals surface area contributed by atoms with Gasteiger partial charge in [0.1, 0.15) is 0 Å². The monoisotopic (exact) mass is 411 g/mol. The first-order valence-corrected chi connectivity index (χ1v) is 9.29. The predicted molar refractivity (Wildman–Crippen MR) is 111 cm³/mol. The molecule has 0 radical (unpaired) electrons. The van der Waals surface area contributed by atoms with Gasteiger partial charge < -0.3 is 9.47 Å². The van der Waals surface area contributed by atoms with Crippen LogP contribution in [0.3, 0.4) is 0 Å². The molecule has 3 aromatic rings. The summed E-state index contributed by atoms with van der Waals surface area (Å²) in [6, 6.07) is 11.4. The molecule has 3 rings (SSSR count). The summed E-state index contributed by atoms with van der Waals surface area (Å²) in [5, 5.41) is 15.6. The molecule has 148 valence electrons. The topological polar surface area (TPSA) is 104 Å². The van der Waals surface area contributed by atoms with Gasteiger partial charge in [-0.25, -0.2) is 4.98 Å². The third-order valence-electron chi connectivity index (χ3n) is 3.94. The van der Waals surface area contributed by atoms with Crippen LogP contribution in [-0.2, 0) is 4.79 Å². The Kier molecular flexibility index (Phi) is 6.20. The average Bonchev–Trinajstić information content (AvgIpc) is 3.20. The summed E-state index contributed by atoms with van der Waals surface area (Å²) >= 11 is 1.30. The van der Waals surface area contributed by atoms with Crippen LogP contribution in [0, 0.1) is 10.1 Å². The van der Waals surface area contributed by atoms with Gasteiger partial charge in [-0.15, -0.1) is 11.3 Å². The van der Waals surface area contributed by atoms with Gasteiger partial charge in [0, 0.05) is 29.2 Å². The van der Waals surface area contributed by atoms with E-state index in [2.05, 4.69) is 10.3 Å². The van der Waals surface area contributed by atoms with Crippen LogP contribution in [0.15, 0.2) is 53.9 Å². The van der Waals surface area contributed by atoms with E-state index >= 15 is 0 Å². The number of hydrogen-bond acceptors (Lipinski definition) is 7. The predicted octanol–water partition coefficient (Wildman–Crippen LogP) is 4.39. The van der Waals surface area contributed by atoms with Crippen molar-refractivity contribution in [3.05, 3.63) is 69.6 Å². The Morgan fingerprint density at radius 3 is 2.52 bits per heavy atom. The molecule has 0 saturated carbocycles. The van der Waals surface area contributed by atoms with E-state index in [4.69, 9.17) is 9.47 Å². The van der Waals surface area contributed by atoms with Crippen molar-refractivity contribution in [1.29, 1.82) is 0 Å². The zero-order valence-electron chi connectivity index (χ0n) is 15.6. The molecule has 0 saturated heterocycles. The van der Waals surface area contributed by atoms with Crippen LogP contribution < -0.4 is 14.8 Å². The molecule has 0 atom stereocenters. The van der Waals surface area contributed by atoms with Gasteiger partial charge in [0.15, 0.2) is 16.6 Å². The number of amides is 1. The maximum Gasteiger partial charge on any atom is 0.269 e. The smallest absolute Gasteiger partial charge is 0.269 e. The van der Waals surface area contributed by atoms with Crippen LogP contribution in [-0.4, -0.2) is 30.0 Å². The van der Waals surface area contributed by atoms with Gasteiger partial charge in [-0.2, -0.15) is 0 Å². The standard InChI is InChI=1S/C20H17N3O5S/c1-27-17-9-6-14(11-18(17)28-2)16-12-29-20(21-16)22-19(24)10-5-13-3-7-15(8-4-13)23(25)26/h3-12H,1-2H3,(H,21,22,24). The largest absolute Gasteiger partial charge is 0.493 e. The van der Waals surface area contributed by atoms with Crippen molar-refractivity contribution in [2.75, 3.05) is 19.5 Å². The first-order valence-electron chi connectivity index (χ1n) is 8.41. The molecule has 29 heavy (non-hydrogen) atoms. The maximum absolute atomic E-state index is 12.1. The number of rotatable bonds is 7. The number of aromatic nitrogens is 1. The van der Waals surface area contributed by atoms with Crippen LogP contribution >= 0.6 is 11.3 Å². The van der Waals surface area contributed by atoms with Gasteiger partial charge in [0.25, 0.3) is 5.69 Å². The number of non-ortho nitro benzene ring substituents is 1. The first kappa shape index (κ1) is 20.0. The zero-order valence-corrected chi connectivity index (χ0v) is 16.4. The highest BCUT2D eigenvalue weighted by atomic mass is 32.1. The van der Waals surface area contributed by atoms with Crippen LogP contribution in [0.25, 0.3) is 17.3 Å². The first-order chi connectivity index (χ1) is 14.0. The van der Waals surface area contributed by atoms with Crippen molar-refractivity contribution in [3.63, 3.8) is 0 Å². The minimum atomic E-state index is -0.474. The number of nitrogens with zero attached hydrogens (tertiary/aromatic N) is 2. The Bertz CT molecular complexity index is 1060. The molecule has 0 bridgehead atoms. The lowest BCUT2D eigenvalue weighted by atomic mass is 10.1. The zero-order chi connectivity index (χ0) is 20.8. The van der Waals surface area contributed by atoms with Crippen molar-refractivity contribution in [3.8, 4) is 22.8 Å². The number of nitro benzene ring substituents is 1. The van der Waals surface area contributed by atoms with Gasteiger partial charge in [-0.05, 0) is 42.0 Å². The summed E-state index contributed by atoms with van der Waals surface area (Å²) in [6.07, 6.45) is 2.92. The fourth-order valence-electron chi connectivity index (χ4n) is 2.49. The van der Waals surface area contributed by atoms with Gasteiger partial charge in [0.05, 0.1) is 24.8 Å². The Labute approximate surface area is 170 Å². The van der Waals surface area contributed by atoms with Crippen molar-refractivity contribution in [2.24, 2.45) is 0 Å². The van der Waals surface area contributed by atoms with Crippen molar-refractivity contribution >= 4 is 34.1 Å². The molecule has 9 heteroatoms. The van der Waals surface area contributed by atoms with Gasteiger partial charge >= 0.3 is 0 Å². The Morgan fingerprint density at radius 1 is 1.14 bits per heavy atom. The molecule has 0 aliphatic carbocycles. The minimum absolute atomic E-state index is 0.00270. The van der Waals surface area contributed by atoms with Gasteiger partial charge in [0.2, 0.25) is 5.91 Å². The van der Waals surface area contributed by atoms with E-state index in [9.17, 15) is 14.9 Å². The second kappa shape index (κ2) is 8.98. The van der Waals surface area contributed by atoms with E-state index in [0.717, 1.165) is 5.56 Å². The second-order valence-corrected chi connectivity index (χ2v) is 6.64. The van der Waals surface area contributed by atoms with E-state index in [1.165, 1.54) is 29.5 Å². The highest BCUT2D eigenvalue weighted by Gasteiger charge is 2.10. The lowest BCUT2D eigenvalue weighted by Crippen LogP contribution is -2.07. The molecular weight excluding hydrogens is 394 g/mol. The molecule has 1 amide bonds. The Morgan fingerprint density at radius 2 is 1.86 bits per heavy atom. The average molecular weight is 411 g/mol. The third kappa shape index (κ3) is 4.96. The molecule has 1 N–H and O–H groups in total. The summed E-state index contributed by atoms with van der Waals surface area (Å²) in [5.41, 5.74) is 2.21. The summed E-state index contributed by atoms with van der Waals surface area (Å²) in [4.78, 5) is 26.7. The number of hydrogen-bond donors (Lipinski definition) is 1. The number of thiazole rings is 1. The normalized spacial score (nSPS) is 10.7. The molecule has 0 unspecified atom stereocenters. The van der Waals surface area contributed by atoms with E-state index in [1.54, 1.807) is 38.5 Å². The highest BCUT2D eigenvalue weighted by Crippen LogP contribution is 2.33. The highest BCUT2D eigenvalue weighted by molar-refractivity contribution is 7.14. The van der Waals surface area contributed by atoms with Crippen LogP contribution in [0.4, 0.5) is 10.8 Å². The molecule has 0 aliphatic rings. The third-order valence-corrected chi connectivity index (χ3v) is 4.70. The number of carbonyl (C=O) groups is 1. The molecule has 8 nitrogen and oxygen atoms in total. The number of benzene rings is 2. The number of methoxy groups -OCH3 is 2. The number of nitro groups is 1. The molecular formula is C20H17N3O5S. The fourth-order valence-corrected chi connectivity index (χ4v) is 3.21. The maximum atomic E-state index is 12.1. The Hall–Kier alpha value is -3.72. The van der Waals surface area contributed by atoms with Crippen LogP contribution in [0.2, 0.25) is 0 Å². The second-order valence-electron chi connectivity index (χ2n) is 5.78. The summed E-state index contributed by atoms with van der Waals surface area (Å²) in [7, 11) is 3.13. The summed E-state index contributed by atoms with van der Waals surface area (Å²) in [5.74, 6) is 0.863. The van der Waals surface area contributed by atoms with Gasteiger partial charge in [-0.3, -0.25) is 20.2 Å². The number of ether oxygens (including phenoxy) is 2. The number of carbonyl (C=O) groups excluding carboxylic acids is 1. The van der Waals surface area contributed by atoms with Gasteiger partial charge in [-0.1, -0.05) is 0 Å². The van der Waals surface area contributed by atoms with Crippen molar-refractivity contribution in [1.82, 2.24) is 4.98 Å². The number of anilines is 1. The molecule has 1 aromatic heterocycles. The van der Waals surface area contributed by atoms with Crippen molar-refractivity contribution in [2.45, 2.75) is 0 Å². The quantitative estimate of drug-likeness (QED) is 0.351. The van der Waals surface area contributed by atoms with Crippen molar-refractivity contribution < 1.29 is 19.2 Å². The SMILES string of the molecule is COc1ccc(-c2csc(NC(=O)C=Cc3ccc([N+](=O)[O-])cc3)n2)cc1OC. The molecule has 0 aliphatic heterocycles. The van der Waals surface area contributed by atoms with E-state index in [0.29, 0.717) is 27.9 Å². The van der Waals surface area contributed by atoms with E-state index < -0.39 is 4.92 Å². The summed E-state index contributed by atoms with van der Waals surface area (Å²) in [6.45, 7) is 0. The lowest BCUT2D eigenvalue weighted by molar-refractivity contribution is -0.384. The Balaban J connectivity index is 1.66.